The van der Waals surface area contributed by atoms with Gasteiger partial charge in [-0.3, -0.25) is 0 Å². The molecule has 6 heteroatoms. The van der Waals surface area contributed by atoms with Gasteiger partial charge in [-0.15, -0.1) is 0 Å². The van der Waals surface area contributed by atoms with E-state index in [9.17, 15) is 14.4 Å². The second-order valence-electron chi connectivity index (χ2n) is 6.87. The summed E-state index contributed by atoms with van der Waals surface area (Å²) in [5.74, 6) is -0.358. The number of hydrogen-bond acceptors (Lipinski definition) is 4. The maximum atomic E-state index is 13.4. The van der Waals surface area contributed by atoms with E-state index < -0.39 is 5.54 Å². The summed E-state index contributed by atoms with van der Waals surface area (Å²) in [7, 11) is 0. The molecule has 140 valence electrons. The number of halogens is 1. The van der Waals surface area contributed by atoms with Crippen LogP contribution in [0.1, 0.15) is 25.3 Å². The Kier molecular flexibility index (Phi) is 5.60. The molecule has 5 nitrogen and oxygen atoms in total. The molecular weight excluding hydrogens is 345 g/mol. The van der Waals surface area contributed by atoms with Gasteiger partial charge in [0.25, 0.3) is 0 Å². The van der Waals surface area contributed by atoms with Gasteiger partial charge in [-0.05, 0) is 30.7 Å². The van der Waals surface area contributed by atoms with Crippen LogP contribution in [0.3, 0.4) is 0 Å². The predicted octanol–water partition coefficient (Wildman–Crippen LogP) is 4.32. The molecule has 1 saturated heterocycles. The van der Waals surface area contributed by atoms with E-state index in [4.69, 9.17) is 4.74 Å². The summed E-state index contributed by atoms with van der Waals surface area (Å²) < 4.78 is 18.8. The van der Waals surface area contributed by atoms with Gasteiger partial charge in [-0.2, -0.15) is 5.26 Å². The molecule has 3 rings (SSSR count). The largest absolute Gasteiger partial charge is 0.445 e. The zero-order valence-electron chi connectivity index (χ0n) is 15.2. The zero-order chi connectivity index (χ0) is 19.3. The van der Waals surface area contributed by atoms with Crippen LogP contribution >= 0.6 is 0 Å². The summed E-state index contributed by atoms with van der Waals surface area (Å²) in [6, 6.07) is 17.7. The fraction of sp³-hybridized carbons (Fsp3) is 0.333. The van der Waals surface area contributed by atoms with Crippen molar-refractivity contribution in [3.63, 3.8) is 0 Å². The van der Waals surface area contributed by atoms with Crippen LogP contribution in [0.5, 0.6) is 0 Å². The molecule has 1 N–H and O–H groups in total. The average Bonchev–Trinajstić information content (AvgIpc) is 2.67. The lowest BCUT2D eigenvalue weighted by Crippen LogP contribution is -2.54. The quantitative estimate of drug-likeness (QED) is 0.874. The van der Waals surface area contributed by atoms with Crippen LogP contribution in [-0.4, -0.2) is 29.1 Å². The van der Waals surface area contributed by atoms with Crippen molar-refractivity contribution in [1.29, 1.82) is 5.26 Å². The standard InChI is InChI=1S/C21H22FN3O2/c1-16-13-21(15-23,24-19-9-5-8-18(22)12-19)10-11-25(16)20(26)27-14-17-6-3-2-4-7-17/h2-9,12,16,24H,10-11,13-14H2,1H3. The molecule has 0 spiro atoms. The summed E-state index contributed by atoms with van der Waals surface area (Å²) in [6.07, 6.45) is 0.481. The topological polar surface area (TPSA) is 65.4 Å². The van der Waals surface area contributed by atoms with Gasteiger partial charge >= 0.3 is 6.09 Å². The summed E-state index contributed by atoms with van der Waals surface area (Å²) in [5, 5.41) is 12.9. The molecule has 1 aliphatic rings. The monoisotopic (exact) mass is 367 g/mol. The van der Waals surface area contributed by atoms with Crippen LogP contribution in [0.25, 0.3) is 0 Å². The highest BCUT2D eigenvalue weighted by Gasteiger charge is 2.40. The SMILES string of the molecule is CC1CC(C#N)(Nc2cccc(F)c2)CCN1C(=O)OCc1ccccc1. The summed E-state index contributed by atoms with van der Waals surface area (Å²) in [6.45, 7) is 2.50. The minimum absolute atomic E-state index is 0.178. The third kappa shape index (κ3) is 4.56. The molecular formula is C21H22FN3O2. The molecule has 27 heavy (non-hydrogen) atoms. The van der Waals surface area contributed by atoms with Gasteiger partial charge in [0.15, 0.2) is 0 Å². The number of carbonyl (C=O) groups is 1. The zero-order valence-corrected chi connectivity index (χ0v) is 15.2. The lowest BCUT2D eigenvalue weighted by Gasteiger charge is -2.42. The first-order valence-electron chi connectivity index (χ1n) is 8.94. The van der Waals surface area contributed by atoms with Crippen molar-refractivity contribution in [3.8, 4) is 6.07 Å². The number of nitrogens with zero attached hydrogens (tertiary/aromatic N) is 2. The minimum Gasteiger partial charge on any atom is -0.445 e. The van der Waals surface area contributed by atoms with Gasteiger partial charge in [0, 0.05) is 31.1 Å². The molecule has 2 atom stereocenters. The van der Waals surface area contributed by atoms with Gasteiger partial charge in [-0.25, -0.2) is 9.18 Å². The smallest absolute Gasteiger partial charge is 0.410 e. The van der Waals surface area contributed by atoms with Crippen LogP contribution in [0, 0.1) is 17.1 Å². The van der Waals surface area contributed by atoms with Crippen molar-refractivity contribution in [1.82, 2.24) is 4.90 Å². The lowest BCUT2D eigenvalue weighted by molar-refractivity contribution is 0.0651. The van der Waals surface area contributed by atoms with Crippen LogP contribution in [0.2, 0.25) is 0 Å². The normalized spacial score (nSPS) is 22.0. The second kappa shape index (κ2) is 8.09. The van der Waals surface area contributed by atoms with E-state index in [-0.39, 0.29) is 24.6 Å². The first kappa shape index (κ1) is 18.7. The Morgan fingerprint density at radius 2 is 2.11 bits per heavy atom. The van der Waals surface area contributed by atoms with Gasteiger partial charge < -0.3 is 15.0 Å². The number of piperidine rings is 1. The number of carbonyl (C=O) groups excluding carboxylic acids is 1. The molecule has 0 aromatic heterocycles. The highest BCUT2D eigenvalue weighted by atomic mass is 19.1. The Hall–Kier alpha value is -3.07. The molecule has 2 unspecified atom stereocenters. The van der Waals surface area contributed by atoms with E-state index in [0.717, 1.165) is 5.56 Å². The number of likely N-dealkylation sites (tertiary alicyclic amines) is 1. The number of amides is 1. The molecule has 0 aliphatic carbocycles. The summed E-state index contributed by atoms with van der Waals surface area (Å²) >= 11 is 0. The van der Waals surface area contributed by atoms with Crippen molar-refractivity contribution in [2.24, 2.45) is 0 Å². The molecule has 1 aliphatic heterocycles. The van der Waals surface area contributed by atoms with Crippen molar-refractivity contribution in [2.75, 3.05) is 11.9 Å². The van der Waals surface area contributed by atoms with Crippen molar-refractivity contribution in [3.05, 3.63) is 66.0 Å². The number of benzene rings is 2. The first-order chi connectivity index (χ1) is 13.0. The van der Waals surface area contributed by atoms with E-state index in [0.29, 0.717) is 25.1 Å². The lowest BCUT2D eigenvalue weighted by atomic mass is 9.84. The number of nitrogens with one attached hydrogen (secondary N) is 1. The van der Waals surface area contributed by atoms with Gasteiger partial charge in [0.1, 0.15) is 18.0 Å². The molecule has 0 bridgehead atoms. The van der Waals surface area contributed by atoms with Gasteiger partial charge in [0.05, 0.1) is 6.07 Å². The third-order valence-corrected chi connectivity index (χ3v) is 4.82. The number of hydrogen-bond donors (Lipinski definition) is 1. The van der Waals surface area contributed by atoms with E-state index in [1.54, 1.807) is 17.0 Å². The number of anilines is 1. The van der Waals surface area contributed by atoms with Gasteiger partial charge in [0.2, 0.25) is 0 Å². The Morgan fingerprint density at radius 3 is 2.78 bits per heavy atom. The molecule has 0 radical (unpaired) electrons. The van der Waals surface area contributed by atoms with Gasteiger partial charge in [-0.1, -0.05) is 36.4 Å². The number of rotatable bonds is 4. The molecule has 1 amide bonds. The van der Waals surface area contributed by atoms with Crippen molar-refractivity contribution in [2.45, 2.75) is 38.0 Å². The third-order valence-electron chi connectivity index (χ3n) is 4.82. The molecule has 1 heterocycles. The summed E-state index contributed by atoms with van der Waals surface area (Å²) in [5.41, 5.74) is 0.641. The second-order valence-corrected chi connectivity index (χ2v) is 6.87. The molecule has 0 saturated carbocycles. The fourth-order valence-electron chi connectivity index (χ4n) is 3.41. The highest BCUT2D eigenvalue weighted by Crippen LogP contribution is 2.31. The molecule has 2 aromatic carbocycles. The van der Waals surface area contributed by atoms with Crippen LogP contribution in [0.15, 0.2) is 54.6 Å². The fourth-order valence-corrected chi connectivity index (χ4v) is 3.41. The molecule has 2 aromatic rings. The first-order valence-corrected chi connectivity index (χ1v) is 8.94. The Labute approximate surface area is 158 Å². The summed E-state index contributed by atoms with van der Waals surface area (Å²) in [4.78, 5) is 14.1. The van der Waals surface area contributed by atoms with E-state index >= 15 is 0 Å². The van der Waals surface area contributed by atoms with E-state index in [1.807, 2.05) is 37.3 Å². The highest BCUT2D eigenvalue weighted by molar-refractivity contribution is 5.68. The number of nitriles is 1. The molecule has 1 fully saturated rings. The minimum atomic E-state index is -0.844. The van der Waals surface area contributed by atoms with Crippen molar-refractivity contribution >= 4 is 11.8 Å². The van der Waals surface area contributed by atoms with Crippen LogP contribution in [-0.2, 0) is 11.3 Å². The van der Waals surface area contributed by atoms with Crippen LogP contribution < -0.4 is 5.32 Å². The Morgan fingerprint density at radius 1 is 1.33 bits per heavy atom. The predicted molar refractivity (Wildman–Crippen MR) is 100 cm³/mol. The Bertz CT molecular complexity index is 837. The van der Waals surface area contributed by atoms with E-state index in [1.165, 1.54) is 12.1 Å². The maximum absolute atomic E-state index is 13.4. The van der Waals surface area contributed by atoms with Crippen LogP contribution in [0.4, 0.5) is 14.9 Å². The van der Waals surface area contributed by atoms with E-state index in [2.05, 4.69) is 11.4 Å². The Balaban J connectivity index is 1.61. The maximum Gasteiger partial charge on any atom is 0.410 e. The average molecular weight is 367 g/mol. The number of ether oxygens (including phenoxy) is 1. The van der Waals surface area contributed by atoms with Crippen molar-refractivity contribution < 1.29 is 13.9 Å².